The smallest absolute Gasteiger partial charge is 0.224 e. The summed E-state index contributed by atoms with van der Waals surface area (Å²) >= 11 is 5.97. The molecule has 0 saturated heterocycles. The number of anilines is 1. The first kappa shape index (κ1) is 10.9. The summed E-state index contributed by atoms with van der Waals surface area (Å²) in [4.78, 5) is 15.6. The van der Waals surface area contributed by atoms with Crippen LogP contribution in [0.15, 0.2) is 30.5 Å². The Balaban J connectivity index is 2.54. The van der Waals surface area contributed by atoms with E-state index in [0.29, 0.717) is 17.1 Å². The van der Waals surface area contributed by atoms with E-state index in [9.17, 15) is 4.79 Å². The highest BCUT2D eigenvalue weighted by Crippen LogP contribution is 2.26. The van der Waals surface area contributed by atoms with E-state index in [-0.39, 0.29) is 5.91 Å². The molecule has 1 heterocycles. The van der Waals surface area contributed by atoms with Crippen LogP contribution >= 0.6 is 11.6 Å². The Morgan fingerprint density at radius 3 is 3.06 bits per heavy atom. The van der Waals surface area contributed by atoms with Gasteiger partial charge in [0.25, 0.3) is 0 Å². The first-order chi connectivity index (χ1) is 7.70. The summed E-state index contributed by atoms with van der Waals surface area (Å²) in [6.45, 7) is 1.80. The third kappa shape index (κ3) is 2.14. The van der Waals surface area contributed by atoms with Gasteiger partial charge in [-0.1, -0.05) is 24.6 Å². The highest BCUT2D eigenvalue weighted by Gasteiger charge is 2.06. The van der Waals surface area contributed by atoms with Gasteiger partial charge in [-0.25, -0.2) is 0 Å². The van der Waals surface area contributed by atoms with Crippen LogP contribution in [0.4, 0.5) is 5.69 Å². The van der Waals surface area contributed by atoms with Crippen LogP contribution in [0.3, 0.4) is 0 Å². The molecule has 3 nitrogen and oxygen atoms in total. The molecular formula is C12H11ClN2O. The number of carbonyl (C=O) groups excluding carboxylic acids is 1. The number of fused-ring (bicyclic) bond motifs is 1. The van der Waals surface area contributed by atoms with E-state index >= 15 is 0 Å². The zero-order valence-corrected chi connectivity index (χ0v) is 9.58. The number of hydrogen-bond acceptors (Lipinski definition) is 2. The molecule has 1 N–H and O–H groups in total. The summed E-state index contributed by atoms with van der Waals surface area (Å²) in [5.41, 5.74) is 1.42. The zero-order valence-electron chi connectivity index (χ0n) is 8.83. The van der Waals surface area contributed by atoms with Crippen LogP contribution in [0.1, 0.15) is 13.3 Å². The summed E-state index contributed by atoms with van der Waals surface area (Å²) in [6, 6.07) is 7.29. The fraction of sp³-hybridized carbons (Fsp3) is 0.167. The van der Waals surface area contributed by atoms with Crippen molar-refractivity contribution in [2.45, 2.75) is 13.3 Å². The van der Waals surface area contributed by atoms with Crippen molar-refractivity contribution in [2.24, 2.45) is 0 Å². The van der Waals surface area contributed by atoms with Crippen molar-refractivity contribution in [2.75, 3.05) is 5.32 Å². The van der Waals surface area contributed by atoms with Crippen molar-refractivity contribution in [1.82, 2.24) is 4.98 Å². The normalized spacial score (nSPS) is 10.4. The molecule has 1 aromatic heterocycles. The number of rotatable bonds is 2. The van der Waals surface area contributed by atoms with Gasteiger partial charge in [0.2, 0.25) is 5.91 Å². The molecule has 0 aliphatic rings. The van der Waals surface area contributed by atoms with Gasteiger partial charge in [-0.2, -0.15) is 0 Å². The SMILES string of the molecule is CCC(=O)Nc1cc(Cl)cc2cccnc12. The van der Waals surface area contributed by atoms with Gasteiger partial charge < -0.3 is 5.32 Å². The van der Waals surface area contributed by atoms with Gasteiger partial charge in [-0.3, -0.25) is 9.78 Å². The number of carbonyl (C=O) groups is 1. The summed E-state index contributed by atoms with van der Waals surface area (Å²) < 4.78 is 0. The Morgan fingerprint density at radius 1 is 1.50 bits per heavy atom. The van der Waals surface area contributed by atoms with Gasteiger partial charge >= 0.3 is 0 Å². The third-order valence-electron chi connectivity index (χ3n) is 2.26. The number of aromatic nitrogens is 1. The van der Waals surface area contributed by atoms with E-state index < -0.39 is 0 Å². The molecule has 2 aromatic rings. The molecule has 4 heteroatoms. The van der Waals surface area contributed by atoms with Crippen molar-refractivity contribution >= 4 is 34.1 Å². The second-order valence-corrected chi connectivity index (χ2v) is 3.87. The van der Waals surface area contributed by atoms with E-state index in [4.69, 9.17) is 11.6 Å². The van der Waals surface area contributed by atoms with Crippen LogP contribution in [0.5, 0.6) is 0 Å². The topological polar surface area (TPSA) is 42.0 Å². The lowest BCUT2D eigenvalue weighted by atomic mass is 10.2. The molecule has 0 aliphatic heterocycles. The second kappa shape index (κ2) is 4.49. The third-order valence-corrected chi connectivity index (χ3v) is 2.48. The van der Waals surface area contributed by atoms with Gasteiger partial charge in [-0.15, -0.1) is 0 Å². The van der Waals surface area contributed by atoms with Gasteiger partial charge in [0.1, 0.15) is 0 Å². The molecular weight excluding hydrogens is 224 g/mol. The molecule has 1 amide bonds. The number of pyridine rings is 1. The van der Waals surface area contributed by atoms with E-state index in [2.05, 4.69) is 10.3 Å². The highest BCUT2D eigenvalue weighted by atomic mass is 35.5. The van der Waals surface area contributed by atoms with Gasteiger partial charge in [0.15, 0.2) is 0 Å². The quantitative estimate of drug-likeness (QED) is 0.867. The Bertz CT molecular complexity index is 540. The van der Waals surface area contributed by atoms with Gasteiger partial charge in [0, 0.05) is 23.0 Å². The predicted molar refractivity (Wildman–Crippen MR) is 65.7 cm³/mol. The van der Waals surface area contributed by atoms with E-state index in [1.54, 1.807) is 19.2 Å². The van der Waals surface area contributed by atoms with Crippen LogP contribution in [-0.2, 0) is 4.79 Å². The highest BCUT2D eigenvalue weighted by molar-refractivity contribution is 6.32. The van der Waals surface area contributed by atoms with Crippen molar-refractivity contribution in [3.63, 3.8) is 0 Å². The molecule has 2 rings (SSSR count). The van der Waals surface area contributed by atoms with Crippen molar-refractivity contribution in [3.8, 4) is 0 Å². The number of benzene rings is 1. The van der Waals surface area contributed by atoms with Crippen molar-refractivity contribution in [1.29, 1.82) is 0 Å². The minimum atomic E-state index is -0.0470. The molecule has 0 atom stereocenters. The minimum Gasteiger partial charge on any atom is -0.324 e. The fourth-order valence-corrected chi connectivity index (χ4v) is 1.72. The number of amides is 1. The number of nitrogens with zero attached hydrogens (tertiary/aromatic N) is 1. The molecule has 0 saturated carbocycles. The van der Waals surface area contributed by atoms with Crippen molar-refractivity contribution < 1.29 is 4.79 Å². The average molecular weight is 235 g/mol. The Kier molecular flexibility index (Phi) is 3.06. The monoisotopic (exact) mass is 234 g/mol. The first-order valence-electron chi connectivity index (χ1n) is 5.05. The molecule has 0 radical (unpaired) electrons. The van der Waals surface area contributed by atoms with Crippen LogP contribution in [0.25, 0.3) is 10.9 Å². The predicted octanol–water partition coefficient (Wildman–Crippen LogP) is 3.24. The van der Waals surface area contributed by atoms with E-state index in [1.165, 1.54) is 0 Å². The van der Waals surface area contributed by atoms with Crippen LogP contribution in [-0.4, -0.2) is 10.9 Å². The van der Waals surface area contributed by atoms with Crippen LogP contribution < -0.4 is 5.32 Å². The Hall–Kier alpha value is -1.61. The lowest BCUT2D eigenvalue weighted by Crippen LogP contribution is -2.10. The zero-order chi connectivity index (χ0) is 11.5. The standard InChI is InChI=1S/C12H11ClN2O/c1-2-11(16)15-10-7-9(13)6-8-4-3-5-14-12(8)10/h3-7H,2H2,1H3,(H,15,16). The summed E-state index contributed by atoms with van der Waals surface area (Å²) in [7, 11) is 0. The lowest BCUT2D eigenvalue weighted by Gasteiger charge is -2.07. The summed E-state index contributed by atoms with van der Waals surface area (Å²) in [6.07, 6.45) is 2.12. The summed E-state index contributed by atoms with van der Waals surface area (Å²) in [5, 5.41) is 4.30. The van der Waals surface area contributed by atoms with E-state index in [1.807, 2.05) is 18.2 Å². The Morgan fingerprint density at radius 2 is 2.31 bits per heavy atom. The van der Waals surface area contributed by atoms with Crippen LogP contribution in [0, 0.1) is 0 Å². The molecule has 0 unspecified atom stereocenters. The molecule has 0 aliphatic carbocycles. The number of hydrogen-bond donors (Lipinski definition) is 1. The maximum Gasteiger partial charge on any atom is 0.224 e. The molecule has 0 spiro atoms. The van der Waals surface area contributed by atoms with Gasteiger partial charge in [-0.05, 0) is 18.2 Å². The van der Waals surface area contributed by atoms with Crippen LogP contribution in [0.2, 0.25) is 5.02 Å². The number of nitrogens with one attached hydrogen (secondary N) is 1. The number of halogens is 1. The largest absolute Gasteiger partial charge is 0.324 e. The molecule has 82 valence electrons. The fourth-order valence-electron chi connectivity index (χ4n) is 1.49. The van der Waals surface area contributed by atoms with E-state index in [0.717, 1.165) is 10.9 Å². The van der Waals surface area contributed by atoms with Gasteiger partial charge in [0.05, 0.1) is 11.2 Å². The molecule has 0 fully saturated rings. The maximum atomic E-state index is 11.4. The minimum absolute atomic E-state index is 0.0470. The lowest BCUT2D eigenvalue weighted by molar-refractivity contribution is -0.115. The van der Waals surface area contributed by atoms with Crippen molar-refractivity contribution in [3.05, 3.63) is 35.5 Å². The molecule has 16 heavy (non-hydrogen) atoms. The Labute approximate surface area is 98.4 Å². The molecule has 1 aromatic carbocycles. The second-order valence-electron chi connectivity index (χ2n) is 3.43. The first-order valence-corrected chi connectivity index (χ1v) is 5.42. The summed E-state index contributed by atoms with van der Waals surface area (Å²) in [5.74, 6) is -0.0470. The maximum absolute atomic E-state index is 11.4. The average Bonchev–Trinajstić information content (AvgIpc) is 2.28. The molecule has 0 bridgehead atoms.